The quantitative estimate of drug-likeness (QED) is 0.754. The summed E-state index contributed by atoms with van der Waals surface area (Å²) in [6.07, 6.45) is 2.91. The molecule has 1 heterocycles. The summed E-state index contributed by atoms with van der Waals surface area (Å²) in [5.74, 6) is 0.702. The van der Waals surface area contributed by atoms with Gasteiger partial charge in [-0.1, -0.05) is 35.9 Å². The maximum absolute atomic E-state index is 12.8. The third-order valence-corrected chi connectivity index (χ3v) is 5.54. The first-order valence-corrected chi connectivity index (χ1v) is 9.63. The zero-order valence-electron chi connectivity index (χ0n) is 14.1. The van der Waals surface area contributed by atoms with Crippen LogP contribution in [0.15, 0.2) is 52.9 Å². The summed E-state index contributed by atoms with van der Waals surface area (Å²) in [5, 5.41) is 4.70. The van der Waals surface area contributed by atoms with Crippen LogP contribution in [0.3, 0.4) is 0 Å². The molecule has 5 nitrogen and oxygen atoms in total. The molecule has 25 heavy (non-hydrogen) atoms. The molecule has 0 unspecified atom stereocenters. The van der Waals surface area contributed by atoms with E-state index in [0.717, 1.165) is 30.5 Å². The molecule has 2 aromatic carbocycles. The van der Waals surface area contributed by atoms with Crippen LogP contribution in [0, 0.1) is 0 Å². The number of ether oxygens (including phenoxy) is 1. The van der Waals surface area contributed by atoms with Crippen molar-refractivity contribution in [1.29, 1.82) is 0 Å². The van der Waals surface area contributed by atoms with E-state index < -0.39 is 10.0 Å². The van der Waals surface area contributed by atoms with Gasteiger partial charge in [0.2, 0.25) is 10.0 Å². The van der Waals surface area contributed by atoms with Gasteiger partial charge < -0.3 is 10.1 Å². The molecule has 2 aromatic rings. The predicted octanol–water partition coefficient (Wildman–Crippen LogP) is 2.86. The van der Waals surface area contributed by atoms with E-state index in [2.05, 4.69) is 10.0 Å². The fraction of sp³-hybridized carbons (Fsp3) is 0.333. The number of hydrogen-bond acceptors (Lipinski definition) is 4. The molecular weight excluding hydrogens is 360 g/mol. The lowest BCUT2D eigenvalue weighted by Crippen LogP contribution is -2.29. The SMILES string of the molecule is CCOc1ccc(S(=O)(=O)NCC2=CCNCC2)c2ccccc12.Cl. The van der Waals surface area contributed by atoms with Crippen LogP contribution in [0.25, 0.3) is 10.8 Å². The van der Waals surface area contributed by atoms with Crippen LogP contribution in [0.5, 0.6) is 5.75 Å². The van der Waals surface area contributed by atoms with Crippen molar-refractivity contribution in [3.05, 3.63) is 48.0 Å². The highest BCUT2D eigenvalue weighted by atomic mass is 35.5. The molecule has 0 bridgehead atoms. The number of rotatable bonds is 6. The highest BCUT2D eigenvalue weighted by Gasteiger charge is 2.19. The van der Waals surface area contributed by atoms with Crippen molar-refractivity contribution in [2.45, 2.75) is 18.2 Å². The molecule has 0 aromatic heterocycles. The molecule has 7 heteroatoms. The van der Waals surface area contributed by atoms with Crippen molar-refractivity contribution in [2.75, 3.05) is 26.2 Å². The molecule has 136 valence electrons. The lowest BCUT2D eigenvalue weighted by molar-refractivity contribution is 0.344. The lowest BCUT2D eigenvalue weighted by Gasteiger charge is -2.16. The number of benzene rings is 2. The molecule has 0 saturated carbocycles. The Hall–Kier alpha value is -1.60. The predicted molar refractivity (Wildman–Crippen MR) is 103 cm³/mol. The van der Waals surface area contributed by atoms with Gasteiger partial charge in [-0.15, -0.1) is 12.4 Å². The van der Waals surface area contributed by atoms with E-state index in [-0.39, 0.29) is 17.3 Å². The van der Waals surface area contributed by atoms with Crippen LogP contribution in [0.2, 0.25) is 0 Å². The molecule has 3 rings (SSSR count). The Morgan fingerprint density at radius 2 is 1.92 bits per heavy atom. The van der Waals surface area contributed by atoms with Crippen molar-refractivity contribution >= 4 is 33.2 Å². The van der Waals surface area contributed by atoms with Crippen LogP contribution >= 0.6 is 12.4 Å². The van der Waals surface area contributed by atoms with Crippen LogP contribution < -0.4 is 14.8 Å². The third kappa shape index (κ3) is 4.52. The number of hydrogen-bond donors (Lipinski definition) is 2. The first-order valence-electron chi connectivity index (χ1n) is 8.14. The highest BCUT2D eigenvalue weighted by Crippen LogP contribution is 2.31. The Labute approximate surface area is 154 Å². The molecule has 1 aliphatic heterocycles. The third-order valence-electron chi connectivity index (χ3n) is 4.08. The van der Waals surface area contributed by atoms with Gasteiger partial charge >= 0.3 is 0 Å². The van der Waals surface area contributed by atoms with E-state index >= 15 is 0 Å². The summed E-state index contributed by atoms with van der Waals surface area (Å²) in [6, 6.07) is 10.8. The molecule has 0 amide bonds. The minimum absolute atomic E-state index is 0. The number of fused-ring (bicyclic) bond motifs is 1. The Balaban J connectivity index is 0.00000225. The normalized spacial score (nSPS) is 14.7. The van der Waals surface area contributed by atoms with E-state index in [1.165, 1.54) is 0 Å². The van der Waals surface area contributed by atoms with Crippen LogP contribution in [0.4, 0.5) is 0 Å². The van der Waals surface area contributed by atoms with Crippen molar-refractivity contribution in [1.82, 2.24) is 10.0 Å². The van der Waals surface area contributed by atoms with Crippen LogP contribution in [-0.4, -0.2) is 34.7 Å². The maximum atomic E-state index is 12.8. The molecule has 0 atom stereocenters. The zero-order valence-corrected chi connectivity index (χ0v) is 15.8. The van der Waals surface area contributed by atoms with Gasteiger partial charge in [-0.3, -0.25) is 0 Å². The van der Waals surface area contributed by atoms with Gasteiger partial charge in [-0.25, -0.2) is 13.1 Å². The summed E-state index contributed by atoms with van der Waals surface area (Å²) in [7, 11) is -3.58. The smallest absolute Gasteiger partial charge is 0.241 e. The van der Waals surface area contributed by atoms with Gasteiger partial charge in [-0.05, 0) is 32.0 Å². The first kappa shape index (κ1) is 19.7. The second-order valence-electron chi connectivity index (χ2n) is 5.68. The van der Waals surface area contributed by atoms with Gasteiger partial charge in [0.15, 0.2) is 0 Å². The van der Waals surface area contributed by atoms with E-state index in [1.807, 2.05) is 37.3 Å². The Morgan fingerprint density at radius 1 is 1.16 bits per heavy atom. The summed E-state index contributed by atoms with van der Waals surface area (Å²) >= 11 is 0. The standard InChI is InChI=1S/C18H22N2O3S.ClH/c1-2-23-17-7-8-18(16-6-4-3-5-15(16)17)24(21,22)20-13-14-9-11-19-12-10-14;/h3-9,19-20H,2,10-13H2,1H3;1H. The molecule has 2 N–H and O–H groups in total. The number of halogens is 1. The Morgan fingerprint density at radius 3 is 2.60 bits per heavy atom. The fourth-order valence-electron chi connectivity index (χ4n) is 2.86. The molecule has 0 spiro atoms. The largest absolute Gasteiger partial charge is 0.493 e. The minimum atomic E-state index is -3.58. The average Bonchev–Trinajstić information content (AvgIpc) is 2.61. The molecular formula is C18H23ClN2O3S. The number of sulfonamides is 1. The summed E-state index contributed by atoms with van der Waals surface area (Å²) in [4.78, 5) is 0.288. The molecule has 0 aliphatic carbocycles. The zero-order chi connectivity index (χ0) is 17.0. The monoisotopic (exact) mass is 382 g/mol. The maximum Gasteiger partial charge on any atom is 0.241 e. The second-order valence-corrected chi connectivity index (χ2v) is 7.42. The first-order chi connectivity index (χ1) is 11.6. The summed E-state index contributed by atoms with van der Waals surface area (Å²) in [5.41, 5.74) is 1.12. The van der Waals surface area contributed by atoms with Gasteiger partial charge in [0.25, 0.3) is 0 Å². The Kier molecular flexibility index (Phi) is 6.84. The average molecular weight is 383 g/mol. The van der Waals surface area contributed by atoms with E-state index in [0.29, 0.717) is 24.3 Å². The minimum Gasteiger partial charge on any atom is -0.493 e. The van der Waals surface area contributed by atoms with Crippen molar-refractivity contribution in [3.63, 3.8) is 0 Å². The summed E-state index contributed by atoms with van der Waals surface area (Å²) < 4.78 is 33.9. The topological polar surface area (TPSA) is 67.4 Å². The molecule has 0 radical (unpaired) electrons. The number of nitrogens with one attached hydrogen (secondary N) is 2. The highest BCUT2D eigenvalue weighted by molar-refractivity contribution is 7.89. The van der Waals surface area contributed by atoms with E-state index in [1.54, 1.807) is 12.1 Å². The van der Waals surface area contributed by atoms with Gasteiger partial charge in [0.05, 0.1) is 11.5 Å². The van der Waals surface area contributed by atoms with Crippen LogP contribution in [0.1, 0.15) is 13.3 Å². The van der Waals surface area contributed by atoms with E-state index in [9.17, 15) is 8.42 Å². The fourth-order valence-corrected chi connectivity index (χ4v) is 4.10. The second kappa shape index (κ2) is 8.67. The van der Waals surface area contributed by atoms with Crippen molar-refractivity contribution in [2.24, 2.45) is 0 Å². The van der Waals surface area contributed by atoms with Gasteiger partial charge in [0.1, 0.15) is 5.75 Å². The molecule has 0 fully saturated rings. The van der Waals surface area contributed by atoms with Crippen molar-refractivity contribution < 1.29 is 13.2 Å². The molecule has 0 saturated heterocycles. The summed E-state index contributed by atoms with van der Waals surface area (Å²) in [6.45, 7) is 4.48. The van der Waals surface area contributed by atoms with E-state index in [4.69, 9.17) is 4.74 Å². The van der Waals surface area contributed by atoms with Gasteiger partial charge in [-0.2, -0.15) is 0 Å². The molecule has 1 aliphatic rings. The van der Waals surface area contributed by atoms with Gasteiger partial charge in [0, 0.05) is 23.9 Å². The van der Waals surface area contributed by atoms with Crippen LogP contribution in [-0.2, 0) is 10.0 Å². The Bertz CT molecular complexity index is 866. The van der Waals surface area contributed by atoms with Crippen molar-refractivity contribution in [3.8, 4) is 5.75 Å². The lowest BCUT2D eigenvalue weighted by atomic mass is 10.1.